The maximum atomic E-state index is 10.1. The summed E-state index contributed by atoms with van der Waals surface area (Å²) in [6.07, 6.45) is 0.947. The van der Waals surface area contributed by atoms with Gasteiger partial charge in [0.25, 0.3) is 0 Å². The molecular formula is C4H3NO3. The van der Waals surface area contributed by atoms with Crippen LogP contribution < -0.4 is 5.73 Å². The van der Waals surface area contributed by atoms with Gasteiger partial charge >= 0.3 is 11.9 Å². The van der Waals surface area contributed by atoms with Crippen LogP contribution in [0.2, 0.25) is 0 Å². The summed E-state index contributed by atoms with van der Waals surface area (Å²) in [6.45, 7) is 0. The summed E-state index contributed by atoms with van der Waals surface area (Å²) < 4.78 is 3.98. The third kappa shape index (κ3) is 0.556. The zero-order valence-corrected chi connectivity index (χ0v) is 3.88. The van der Waals surface area contributed by atoms with Crippen molar-refractivity contribution in [3.63, 3.8) is 0 Å². The van der Waals surface area contributed by atoms with E-state index in [0.29, 0.717) is 0 Å². The molecule has 0 aromatic heterocycles. The summed E-state index contributed by atoms with van der Waals surface area (Å²) >= 11 is 0. The molecule has 1 aliphatic heterocycles. The molecule has 1 aliphatic rings. The molecule has 0 aromatic carbocycles. The molecule has 1 rings (SSSR count). The Bertz CT molecular complexity index is 182. The minimum atomic E-state index is -0.755. The van der Waals surface area contributed by atoms with Gasteiger partial charge in [-0.3, -0.25) is 0 Å². The molecule has 0 aromatic rings. The Hall–Kier alpha value is -1.32. The van der Waals surface area contributed by atoms with Crippen LogP contribution in [-0.2, 0) is 14.3 Å². The molecule has 4 heteroatoms. The largest absolute Gasteiger partial charge is 0.393 e. The van der Waals surface area contributed by atoms with Crippen LogP contribution in [0.5, 0.6) is 0 Å². The Morgan fingerprint density at radius 1 is 1.50 bits per heavy atom. The lowest BCUT2D eigenvalue weighted by molar-refractivity contribution is -0.150. The fraction of sp³-hybridized carbons (Fsp3) is 0. The van der Waals surface area contributed by atoms with Gasteiger partial charge in [0.15, 0.2) is 0 Å². The van der Waals surface area contributed by atoms with E-state index in [4.69, 9.17) is 5.73 Å². The molecule has 0 spiro atoms. The number of carbonyl (C=O) groups is 2. The second kappa shape index (κ2) is 1.33. The molecule has 0 bridgehead atoms. The van der Waals surface area contributed by atoms with Crippen molar-refractivity contribution >= 4 is 11.9 Å². The molecule has 0 fully saturated rings. The lowest BCUT2D eigenvalue weighted by atomic mass is 10.5. The van der Waals surface area contributed by atoms with Crippen LogP contribution in [0.3, 0.4) is 0 Å². The zero-order valence-electron chi connectivity index (χ0n) is 3.88. The van der Waals surface area contributed by atoms with E-state index >= 15 is 0 Å². The molecule has 1 heterocycles. The highest BCUT2D eigenvalue weighted by Crippen LogP contribution is 1.99. The topological polar surface area (TPSA) is 69.4 Å². The second-order valence-corrected chi connectivity index (χ2v) is 1.31. The number of nitrogens with two attached hydrogens (primary N) is 1. The molecule has 0 atom stereocenters. The fourth-order valence-electron chi connectivity index (χ4n) is 0.366. The Morgan fingerprint density at radius 3 is 2.25 bits per heavy atom. The van der Waals surface area contributed by atoms with Gasteiger partial charge in [-0.05, 0) is 0 Å². The van der Waals surface area contributed by atoms with Gasteiger partial charge in [-0.25, -0.2) is 9.59 Å². The molecule has 42 valence electrons. The van der Waals surface area contributed by atoms with Crippen molar-refractivity contribution in [3.05, 3.63) is 11.8 Å². The van der Waals surface area contributed by atoms with Gasteiger partial charge in [0.1, 0.15) is 5.70 Å². The quantitative estimate of drug-likeness (QED) is 0.320. The van der Waals surface area contributed by atoms with Crippen LogP contribution in [0, 0.1) is 0 Å². The Kier molecular flexibility index (Phi) is 0.802. The van der Waals surface area contributed by atoms with Crippen LogP contribution in [0.15, 0.2) is 11.8 Å². The number of esters is 2. The molecule has 0 radical (unpaired) electrons. The maximum Gasteiger partial charge on any atom is 0.362 e. The van der Waals surface area contributed by atoms with Crippen LogP contribution >= 0.6 is 0 Å². The predicted molar refractivity (Wildman–Crippen MR) is 23.4 cm³/mol. The van der Waals surface area contributed by atoms with Crippen molar-refractivity contribution in [1.82, 2.24) is 0 Å². The highest BCUT2D eigenvalue weighted by Gasteiger charge is 2.19. The lowest BCUT2D eigenvalue weighted by Gasteiger charge is -1.84. The van der Waals surface area contributed by atoms with Crippen LogP contribution in [0.1, 0.15) is 0 Å². The van der Waals surface area contributed by atoms with Gasteiger partial charge in [0, 0.05) is 0 Å². The molecule has 0 saturated heterocycles. The third-order valence-electron chi connectivity index (χ3n) is 0.702. The number of ether oxygens (including phenoxy) is 1. The molecule has 0 aliphatic carbocycles. The van der Waals surface area contributed by atoms with E-state index in [1.54, 1.807) is 0 Å². The van der Waals surface area contributed by atoms with Gasteiger partial charge in [0.2, 0.25) is 0 Å². The molecule has 0 unspecified atom stereocenters. The van der Waals surface area contributed by atoms with E-state index in [-0.39, 0.29) is 5.70 Å². The average Bonchev–Trinajstić information content (AvgIpc) is 1.85. The van der Waals surface area contributed by atoms with Crippen LogP contribution in [-0.4, -0.2) is 11.9 Å². The Balaban J connectivity index is 2.88. The SMILES string of the molecule is NC1=CC(=O)OC1=O. The number of hydrogen-bond acceptors (Lipinski definition) is 4. The molecule has 2 N–H and O–H groups in total. The highest BCUT2D eigenvalue weighted by molar-refractivity contribution is 6.08. The third-order valence-corrected chi connectivity index (χ3v) is 0.702. The van der Waals surface area contributed by atoms with Crippen molar-refractivity contribution < 1.29 is 14.3 Å². The maximum absolute atomic E-state index is 10.1. The van der Waals surface area contributed by atoms with Gasteiger partial charge in [-0.2, -0.15) is 0 Å². The van der Waals surface area contributed by atoms with E-state index in [1.165, 1.54) is 0 Å². The van der Waals surface area contributed by atoms with E-state index in [9.17, 15) is 9.59 Å². The summed E-state index contributed by atoms with van der Waals surface area (Å²) in [7, 11) is 0. The smallest absolute Gasteiger partial charge is 0.362 e. The number of carbonyl (C=O) groups excluding carboxylic acids is 2. The Morgan fingerprint density at radius 2 is 2.12 bits per heavy atom. The van der Waals surface area contributed by atoms with Crippen molar-refractivity contribution in [2.45, 2.75) is 0 Å². The first-order chi connectivity index (χ1) is 3.70. The zero-order chi connectivity index (χ0) is 6.15. The average molecular weight is 113 g/mol. The number of hydrogen-bond donors (Lipinski definition) is 1. The van der Waals surface area contributed by atoms with Gasteiger partial charge in [-0.1, -0.05) is 0 Å². The minimum Gasteiger partial charge on any atom is -0.393 e. The predicted octanol–water partition coefficient (Wildman–Crippen LogP) is -1.09. The number of rotatable bonds is 0. The second-order valence-electron chi connectivity index (χ2n) is 1.31. The first kappa shape index (κ1) is 4.83. The number of cyclic esters (lactones) is 2. The summed E-state index contributed by atoms with van der Waals surface area (Å²) in [5.41, 5.74) is 4.80. The minimum absolute atomic E-state index is 0.130. The van der Waals surface area contributed by atoms with E-state index in [2.05, 4.69) is 4.74 Å². The lowest BCUT2D eigenvalue weighted by Crippen LogP contribution is -2.07. The summed E-state index contributed by atoms with van der Waals surface area (Å²) in [5.74, 6) is -1.44. The molecule has 4 nitrogen and oxygen atoms in total. The van der Waals surface area contributed by atoms with Gasteiger partial charge < -0.3 is 10.5 Å². The summed E-state index contributed by atoms with van der Waals surface area (Å²) in [5, 5.41) is 0. The molecule has 0 amide bonds. The summed E-state index contributed by atoms with van der Waals surface area (Å²) in [4.78, 5) is 20.2. The van der Waals surface area contributed by atoms with Gasteiger partial charge in [-0.15, -0.1) is 0 Å². The van der Waals surface area contributed by atoms with Gasteiger partial charge in [0.05, 0.1) is 6.08 Å². The highest BCUT2D eigenvalue weighted by atomic mass is 16.6. The van der Waals surface area contributed by atoms with Crippen LogP contribution in [0.25, 0.3) is 0 Å². The Labute approximate surface area is 44.9 Å². The molecular weight excluding hydrogens is 110 g/mol. The van der Waals surface area contributed by atoms with E-state index < -0.39 is 11.9 Å². The van der Waals surface area contributed by atoms with Crippen molar-refractivity contribution in [1.29, 1.82) is 0 Å². The van der Waals surface area contributed by atoms with Crippen molar-refractivity contribution in [3.8, 4) is 0 Å². The van der Waals surface area contributed by atoms with E-state index in [1.807, 2.05) is 0 Å². The molecule has 8 heavy (non-hydrogen) atoms. The van der Waals surface area contributed by atoms with E-state index in [0.717, 1.165) is 6.08 Å². The summed E-state index contributed by atoms with van der Waals surface area (Å²) in [6, 6.07) is 0. The van der Waals surface area contributed by atoms with Crippen LogP contribution in [0.4, 0.5) is 0 Å². The van der Waals surface area contributed by atoms with Crippen molar-refractivity contribution in [2.75, 3.05) is 0 Å². The fourth-order valence-corrected chi connectivity index (χ4v) is 0.366. The van der Waals surface area contributed by atoms with Crippen molar-refractivity contribution in [2.24, 2.45) is 5.73 Å². The first-order valence-electron chi connectivity index (χ1n) is 1.93. The molecule has 0 saturated carbocycles. The normalized spacial score (nSPS) is 18.2. The standard InChI is InChI=1S/C4H3NO3/c5-2-1-3(6)8-4(2)7/h1H,5H2. The monoisotopic (exact) mass is 113 g/mol. The first-order valence-corrected chi connectivity index (χ1v) is 1.93.